The third kappa shape index (κ3) is 3.73. The molecule has 0 aromatic heterocycles. The van der Waals surface area contributed by atoms with Gasteiger partial charge in [-0.25, -0.2) is 8.42 Å². The molecule has 1 N–H and O–H groups in total. The van der Waals surface area contributed by atoms with Crippen molar-refractivity contribution >= 4 is 21.7 Å². The Morgan fingerprint density at radius 3 is 2.28 bits per heavy atom. The van der Waals surface area contributed by atoms with Crippen LogP contribution in [0.2, 0.25) is 0 Å². The minimum Gasteiger partial charge on any atom is -0.480 e. The third-order valence-corrected chi connectivity index (χ3v) is 4.33. The van der Waals surface area contributed by atoms with Gasteiger partial charge < -0.3 is 5.11 Å². The lowest BCUT2D eigenvalue weighted by atomic mass is 10.2. The van der Waals surface area contributed by atoms with Crippen molar-refractivity contribution in [2.45, 2.75) is 20.3 Å². The molecule has 0 spiro atoms. The fourth-order valence-corrected chi connectivity index (χ4v) is 3.04. The predicted molar refractivity (Wildman–Crippen MR) is 70.2 cm³/mol. The molecule has 0 saturated heterocycles. The van der Waals surface area contributed by atoms with Crippen LogP contribution in [0.5, 0.6) is 0 Å². The van der Waals surface area contributed by atoms with Gasteiger partial charge in [0.25, 0.3) is 0 Å². The molecule has 1 aromatic carbocycles. The average Bonchev–Trinajstić information content (AvgIpc) is 2.27. The van der Waals surface area contributed by atoms with E-state index in [0.717, 1.165) is 9.87 Å². The molecule has 0 heterocycles. The number of aliphatic carboxylic acids is 1. The van der Waals surface area contributed by atoms with Crippen molar-refractivity contribution in [3.05, 3.63) is 29.8 Å². The first-order chi connectivity index (χ1) is 8.36. The van der Waals surface area contributed by atoms with Gasteiger partial charge in [0.05, 0.1) is 11.4 Å². The molecule has 0 radical (unpaired) electrons. The number of nitrogens with zero attached hydrogens (tertiary/aromatic N) is 1. The van der Waals surface area contributed by atoms with Gasteiger partial charge in [0, 0.05) is 0 Å². The van der Waals surface area contributed by atoms with Crippen molar-refractivity contribution in [2.24, 2.45) is 0 Å². The SMILES string of the molecule is CCCS(=O)(=O)N(CC(=O)O)c1ccc(C)cc1. The van der Waals surface area contributed by atoms with E-state index in [9.17, 15) is 13.2 Å². The number of hydrogen-bond acceptors (Lipinski definition) is 3. The summed E-state index contributed by atoms with van der Waals surface area (Å²) in [6, 6.07) is 6.74. The minimum atomic E-state index is -3.58. The number of hydrogen-bond donors (Lipinski definition) is 1. The number of benzene rings is 1. The molecule has 0 unspecified atom stereocenters. The monoisotopic (exact) mass is 271 g/mol. The van der Waals surface area contributed by atoms with Crippen LogP contribution in [-0.4, -0.2) is 31.8 Å². The molecule has 0 aliphatic carbocycles. The fraction of sp³-hybridized carbons (Fsp3) is 0.417. The van der Waals surface area contributed by atoms with Crippen molar-refractivity contribution in [1.29, 1.82) is 0 Å². The average molecular weight is 271 g/mol. The number of carbonyl (C=O) groups is 1. The summed E-state index contributed by atoms with van der Waals surface area (Å²) < 4.78 is 25.0. The van der Waals surface area contributed by atoms with Crippen LogP contribution < -0.4 is 4.31 Å². The maximum Gasteiger partial charge on any atom is 0.324 e. The Morgan fingerprint density at radius 1 is 1.28 bits per heavy atom. The van der Waals surface area contributed by atoms with Gasteiger partial charge in [0.1, 0.15) is 6.54 Å². The predicted octanol–water partition coefficient (Wildman–Crippen LogP) is 1.63. The van der Waals surface area contributed by atoms with Crippen molar-refractivity contribution in [3.8, 4) is 0 Å². The molecular weight excluding hydrogens is 254 g/mol. The first kappa shape index (κ1) is 14.5. The maximum absolute atomic E-state index is 12.0. The number of anilines is 1. The van der Waals surface area contributed by atoms with E-state index in [4.69, 9.17) is 5.11 Å². The Bertz CT molecular complexity index is 507. The first-order valence-corrected chi connectivity index (χ1v) is 7.26. The zero-order valence-electron chi connectivity index (χ0n) is 10.5. The Labute approximate surface area is 107 Å². The van der Waals surface area contributed by atoms with E-state index in [1.807, 2.05) is 6.92 Å². The van der Waals surface area contributed by atoms with E-state index in [1.54, 1.807) is 31.2 Å². The Morgan fingerprint density at radius 2 is 1.83 bits per heavy atom. The summed E-state index contributed by atoms with van der Waals surface area (Å²) in [6.45, 7) is 3.07. The van der Waals surface area contributed by atoms with Crippen LogP contribution in [-0.2, 0) is 14.8 Å². The molecule has 0 aliphatic rings. The van der Waals surface area contributed by atoms with Crippen molar-refractivity contribution < 1.29 is 18.3 Å². The van der Waals surface area contributed by atoms with Gasteiger partial charge in [0.15, 0.2) is 0 Å². The zero-order valence-corrected chi connectivity index (χ0v) is 11.3. The zero-order chi connectivity index (χ0) is 13.8. The molecule has 0 saturated carbocycles. The molecule has 0 aliphatic heterocycles. The van der Waals surface area contributed by atoms with Crippen LogP contribution >= 0.6 is 0 Å². The number of rotatable bonds is 6. The summed E-state index contributed by atoms with van der Waals surface area (Å²) in [5.41, 5.74) is 1.37. The lowest BCUT2D eigenvalue weighted by Crippen LogP contribution is -2.37. The molecule has 6 heteroatoms. The Balaban J connectivity index is 3.13. The normalized spacial score (nSPS) is 11.2. The van der Waals surface area contributed by atoms with Crippen molar-refractivity contribution in [3.63, 3.8) is 0 Å². The number of sulfonamides is 1. The quantitative estimate of drug-likeness (QED) is 0.853. The van der Waals surface area contributed by atoms with E-state index in [2.05, 4.69) is 0 Å². The molecule has 0 amide bonds. The van der Waals surface area contributed by atoms with Crippen LogP contribution in [0.3, 0.4) is 0 Å². The van der Waals surface area contributed by atoms with Crippen LogP contribution in [0.15, 0.2) is 24.3 Å². The van der Waals surface area contributed by atoms with Gasteiger partial charge in [-0.05, 0) is 25.5 Å². The molecule has 100 valence electrons. The van der Waals surface area contributed by atoms with E-state index in [-0.39, 0.29) is 5.75 Å². The molecule has 0 bridgehead atoms. The topological polar surface area (TPSA) is 74.7 Å². The maximum atomic E-state index is 12.0. The van der Waals surface area contributed by atoms with Gasteiger partial charge in [0.2, 0.25) is 10.0 Å². The molecule has 1 rings (SSSR count). The van der Waals surface area contributed by atoms with Crippen LogP contribution in [0, 0.1) is 6.92 Å². The first-order valence-electron chi connectivity index (χ1n) is 5.65. The second-order valence-corrected chi connectivity index (χ2v) is 6.06. The van der Waals surface area contributed by atoms with Gasteiger partial charge in [-0.2, -0.15) is 0 Å². The van der Waals surface area contributed by atoms with E-state index < -0.39 is 22.5 Å². The largest absolute Gasteiger partial charge is 0.480 e. The molecule has 0 atom stereocenters. The van der Waals surface area contributed by atoms with Crippen LogP contribution in [0.1, 0.15) is 18.9 Å². The fourth-order valence-electron chi connectivity index (χ4n) is 1.55. The molecular formula is C12H17NO4S. The summed E-state index contributed by atoms with van der Waals surface area (Å²) in [4.78, 5) is 10.8. The molecule has 5 nitrogen and oxygen atoms in total. The number of carboxylic acid groups (broad SMARTS) is 1. The summed E-state index contributed by atoms with van der Waals surface area (Å²) >= 11 is 0. The number of carboxylic acids is 1. The second kappa shape index (κ2) is 5.86. The van der Waals surface area contributed by atoms with E-state index >= 15 is 0 Å². The summed E-state index contributed by atoms with van der Waals surface area (Å²) in [6.07, 6.45) is 0.449. The van der Waals surface area contributed by atoms with Gasteiger partial charge in [-0.15, -0.1) is 0 Å². The molecule has 0 fully saturated rings. The molecule has 1 aromatic rings. The molecule has 18 heavy (non-hydrogen) atoms. The van der Waals surface area contributed by atoms with E-state index in [1.165, 1.54) is 0 Å². The highest BCUT2D eigenvalue weighted by atomic mass is 32.2. The summed E-state index contributed by atoms with van der Waals surface area (Å²) in [5, 5.41) is 8.83. The Kier molecular flexibility index (Phi) is 4.72. The van der Waals surface area contributed by atoms with Crippen molar-refractivity contribution in [1.82, 2.24) is 0 Å². The number of aryl methyl sites for hydroxylation is 1. The lowest BCUT2D eigenvalue weighted by Gasteiger charge is -2.22. The summed E-state index contributed by atoms with van der Waals surface area (Å²) in [5.74, 6) is -1.23. The standard InChI is InChI=1S/C12H17NO4S/c1-3-8-18(16,17)13(9-12(14)15)11-6-4-10(2)5-7-11/h4-7H,3,8-9H2,1-2H3,(H,14,15). The van der Waals surface area contributed by atoms with Crippen LogP contribution in [0.25, 0.3) is 0 Å². The smallest absolute Gasteiger partial charge is 0.324 e. The Hall–Kier alpha value is -1.56. The highest BCUT2D eigenvalue weighted by Gasteiger charge is 2.23. The van der Waals surface area contributed by atoms with Gasteiger partial charge in [-0.1, -0.05) is 24.6 Å². The lowest BCUT2D eigenvalue weighted by molar-refractivity contribution is -0.135. The summed E-state index contributed by atoms with van der Waals surface area (Å²) in [7, 11) is -3.58. The second-order valence-electron chi connectivity index (χ2n) is 4.05. The third-order valence-electron chi connectivity index (χ3n) is 2.40. The van der Waals surface area contributed by atoms with Gasteiger partial charge in [-0.3, -0.25) is 9.10 Å². The highest BCUT2D eigenvalue weighted by molar-refractivity contribution is 7.92. The van der Waals surface area contributed by atoms with Crippen LogP contribution in [0.4, 0.5) is 5.69 Å². The minimum absolute atomic E-state index is 0.0614. The van der Waals surface area contributed by atoms with E-state index in [0.29, 0.717) is 12.1 Å². The van der Waals surface area contributed by atoms with Gasteiger partial charge >= 0.3 is 5.97 Å². The van der Waals surface area contributed by atoms with Crippen molar-refractivity contribution in [2.75, 3.05) is 16.6 Å². The highest BCUT2D eigenvalue weighted by Crippen LogP contribution is 2.19.